The summed E-state index contributed by atoms with van der Waals surface area (Å²) in [4.78, 5) is 4.38. The summed E-state index contributed by atoms with van der Waals surface area (Å²) in [5.41, 5.74) is 1.43. The molecule has 18 heavy (non-hydrogen) atoms. The van der Waals surface area contributed by atoms with Gasteiger partial charge in [-0.1, -0.05) is 6.92 Å². The molecule has 1 aromatic rings. The van der Waals surface area contributed by atoms with Crippen LogP contribution in [0.25, 0.3) is 0 Å². The zero-order valence-corrected chi connectivity index (χ0v) is 12.4. The topological polar surface area (TPSA) is 29.9 Å². The minimum Gasteiger partial charge on any atom is -0.331 e. The van der Waals surface area contributed by atoms with Gasteiger partial charge in [-0.2, -0.15) is 11.8 Å². The van der Waals surface area contributed by atoms with E-state index in [0.29, 0.717) is 12.0 Å². The lowest BCUT2D eigenvalue weighted by Gasteiger charge is -2.26. The molecule has 1 fully saturated rings. The van der Waals surface area contributed by atoms with E-state index in [1.165, 1.54) is 43.0 Å². The molecule has 3 nitrogen and oxygen atoms in total. The van der Waals surface area contributed by atoms with E-state index >= 15 is 0 Å². The van der Waals surface area contributed by atoms with E-state index in [4.69, 9.17) is 0 Å². The molecule has 0 saturated carbocycles. The van der Waals surface area contributed by atoms with Gasteiger partial charge >= 0.3 is 0 Å². The fourth-order valence-electron chi connectivity index (χ4n) is 2.64. The molecule has 1 aromatic heterocycles. The van der Waals surface area contributed by atoms with Crippen molar-refractivity contribution in [1.29, 1.82) is 0 Å². The summed E-state index contributed by atoms with van der Waals surface area (Å²) < 4.78 is 2.40. The minimum atomic E-state index is 0.573. The van der Waals surface area contributed by atoms with Crippen molar-refractivity contribution in [2.45, 2.75) is 45.1 Å². The molecular weight excluding hydrogens is 242 g/mol. The van der Waals surface area contributed by atoms with Gasteiger partial charge in [-0.05, 0) is 44.2 Å². The summed E-state index contributed by atoms with van der Waals surface area (Å²) >= 11 is 2.03. The Balaban J connectivity index is 1.97. The van der Waals surface area contributed by atoms with E-state index < -0.39 is 0 Å². The number of rotatable bonds is 6. The van der Waals surface area contributed by atoms with E-state index in [1.807, 2.05) is 18.1 Å². The van der Waals surface area contributed by atoms with Gasteiger partial charge in [0.15, 0.2) is 0 Å². The molecule has 0 aromatic carbocycles. The predicted molar refractivity (Wildman–Crippen MR) is 79.4 cm³/mol. The molecule has 2 heterocycles. The van der Waals surface area contributed by atoms with Gasteiger partial charge in [-0.25, -0.2) is 4.98 Å². The number of piperidine rings is 1. The zero-order valence-electron chi connectivity index (χ0n) is 11.6. The van der Waals surface area contributed by atoms with Gasteiger partial charge in [-0.3, -0.25) is 0 Å². The van der Waals surface area contributed by atoms with Crippen LogP contribution in [-0.4, -0.2) is 34.1 Å². The SMILES string of the molecule is CCSCCC(C)n1cncc1C1CCCNC1. The van der Waals surface area contributed by atoms with Crippen molar-refractivity contribution in [1.82, 2.24) is 14.9 Å². The van der Waals surface area contributed by atoms with Crippen molar-refractivity contribution in [2.75, 3.05) is 24.6 Å². The summed E-state index contributed by atoms with van der Waals surface area (Å²) in [5, 5.41) is 3.50. The fraction of sp³-hybridized carbons (Fsp3) is 0.786. The van der Waals surface area contributed by atoms with Crippen molar-refractivity contribution in [2.24, 2.45) is 0 Å². The second-order valence-electron chi connectivity index (χ2n) is 5.10. The number of nitrogens with zero attached hydrogens (tertiary/aromatic N) is 2. The highest BCUT2D eigenvalue weighted by Crippen LogP contribution is 2.26. The van der Waals surface area contributed by atoms with Gasteiger partial charge in [0.1, 0.15) is 0 Å². The number of thioether (sulfide) groups is 1. The molecule has 0 amide bonds. The molecule has 0 aliphatic carbocycles. The van der Waals surface area contributed by atoms with E-state index in [-0.39, 0.29) is 0 Å². The smallest absolute Gasteiger partial charge is 0.0950 e. The highest BCUT2D eigenvalue weighted by Gasteiger charge is 2.20. The van der Waals surface area contributed by atoms with Crippen molar-refractivity contribution < 1.29 is 0 Å². The quantitative estimate of drug-likeness (QED) is 0.803. The maximum absolute atomic E-state index is 4.38. The van der Waals surface area contributed by atoms with Gasteiger partial charge in [0, 0.05) is 30.4 Å². The average Bonchev–Trinajstić information content (AvgIpc) is 2.89. The second-order valence-corrected chi connectivity index (χ2v) is 6.50. The fourth-order valence-corrected chi connectivity index (χ4v) is 3.44. The maximum Gasteiger partial charge on any atom is 0.0950 e. The lowest BCUT2D eigenvalue weighted by molar-refractivity contribution is 0.421. The molecule has 1 N–H and O–H groups in total. The first-order valence-corrected chi connectivity index (χ1v) is 8.28. The second kappa shape index (κ2) is 7.19. The van der Waals surface area contributed by atoms with Crippen LogP contribution < -0.4 is 5.32 Å². The van der Waals surface area contributed by atoms with Crippen LogP contribution in [0.3, 0.4) is 0 Å². The van der Waals surface area contributed by atoms with Crippen LogP contribution in [-0.2, 0) is 0 Å². The average molecular weight is 267 g/mol. The molecule has 2 unspecified atom stereocenters. The molecule has 1 saturated heterocycles. The van der Waals surface area contributed by atoms with E-state index in [2.05, 4.69) is 34.9 Å². The Morgan fingerprint density at radius 2 is 2.50 bits per heavy atom. The highest BCUT2D eigenvalue weighted by molar-refractivity contribution is 7.99. The van der Waals surface area contributed by atoms with Crippen molar-refractivity contribution >= 4 is 11.8 Å². The van der Waals surface area contributed by atoms with Crippen molar-refractivity contribution in [3.05, 3.63) is 18.2 Å². The minimum absolute atomic E-state index is 0.573. The van der Waals surface area contributed by atoms with Gasteiger partial charge < -0.3 is 9.88 Å². The van der Waals surface area contributed by atoms with E-state index in [0.717, 1.165) is 6.54 Å². The van der Waals surface area contributed by atoms with Crippen LogP contribution in [0.15, 0.2) is 12.5 Å². The Morgan fingerprint density at radius 1 is 1.61 bits per heavy atom. The first kappa shape index (κ1) is 13.9. The highest BCUT2D eigenvalue weighted by atomic mass is 32.2. The molecular formula is C14H25N3S. The van der Waals surface area contributed by atoms with Gasteiger partial charge in [-0.15, -0.1) is 0 Å². The Morgan fingerprint density at radius 3 is 3.22 bits per heavy atom. The van der Waals surface area contributed by atoms with Crippen LogP contribution in [0.5, 0.6) is 0 Å². The number of hydrogen-bond acceptors (Lipinski definition) is 3. The predicted octanol–water partition coefficient (Wildman–Crippen LogP) is 3.05. The molecule has 2 rings (SSSR count). The number of imidazole rings is 1. The number of hydrogen-bond donors (Lipinski definition) is 1. The molecule has 0 spiro atoms. The Hall–Kier alpha value is -0.480. The van der Waals surface area contributed by atoms with Crippen LogP contribution in [0.2, 0.25) is 0 Å². The largest absolute Gasteiger partial charge is 0.331 e. The normalized spacial score (nSPS) is 22.0. The standard InChI is InChI=1S/C14H25N3S/c1-3-18-8-6-12(2)17-11-16-10-14(17)13-5-4-7-15-9-13/h10-13,15H,3-9H2,1-2H3. The van der Waals surface area contributed by atoms with Gasteiger partial charge in [0.25, 0.3) is 0 Å². The third-order valence-corrected chi connectivity index (χ3v) is 4.70. The molecule has 102 valence electrons. The lowest BCUT2D eigenvalue weighted by atomic mass is 9.96. The molecule has 1 aliphatic heterocycles. The van der Waals surface area contributed by atoms with E-state index in [9.17, 15) is 0 Å². The molecule has 1 aliphatic rings. The molecule has 0 radical (unpaired) electrons. The molecule has 2 atom stereocenters. The maximum atomic E-state index is 4.38. The molecule has 4 heteroatoms. The van der Waals surface area contributed by atoms with Crippen molar-refractivity contribution in [3.63, 3.8) is 0 Å². The third-order valence-electron chi connectivity index (χ3n) is 3.77. The Bertz CT molecular complexity index is 345. The summed E-state index contributed by atoms with van der Waals surface area (Å²) in [7, 11) is 0. The summed E-state index contributed by atoms with van der Waals surface area (Å²) in [6.45, 7) is 6.83. The van der Waals surface area contributed by atoms with Crippen LogP contribution >= 0.6 is 11.8 Å². The first-order valence-electron chi connectivity index (χ1n) is 7.13. The van der Waals surface area contributed by atoms with Gasteiger partial charge in [0.05, 0.1) is 6.33 Å². The van der Waals surface area contributed by atoms with Crippen LogP contribution in [0, 0.1) is 0 Å². The Labute approximate surface area is 115 Å². The first-order chi connectivity index (χ1) is 8.83. The monoisotopic (exact) mass is 267 g/mol. The summed E-state index contributed by atoms with van der Waals surface area (Å²) in [6, 6.07) is 0.573. The van der Waals surface area contributed by atoms with Crippen LogP contribution in [0.4, 0.5) is 0 Å². The summed E-state index contributed by atoms with van der Waals surface area (Å²) in [6.07, 6.45) is 7.92. The Kier molecular flexibility index (Phi) is 5.57. The third kappa shape index (κ3) is 3.51. The summed E-state index contributed by atoms with van der Waals surface area (Å²) in [5.74, 6) is 3.12. The molecule has 0 bridgehead atoms. The zero-order chi connectivity index (χ0) is 12.8. The van der Waals surface area contributed by atoms with Crippen molar-refractivity contribution in [3.8, 4) is 0 Å². The number of aromatic nitrogens is 2. The lowest BCUT2D eigenvalue weighted by Crippen LogP contribution is -2.30. The number of nitrogens with one attached hydrogen (secondary N) is 1. The van der Waals surface area contributed by atoms with Gasteiger partial charge in [0.2, 0.25) is 0 Å². The van der Waals surface area contributed by atoms with E-state index in [1.54, 1.807) is 0 Å². The van der Waals surface area contributed by atoms with Crippen LogP contribution in [0.1, 0.15) is 50.8 Å².